The van der Waals surface area contributed by atoms with Crippen molar-refractivity contribution in [3.8, 4) is 5.75 Å². The first-order valence-corrected chi connectivity index (χ1v) is 10.7. The second-order valence-corrected chi connectivity index (χ2v) is 8.64. The van der Waals surface area contributed by atoms with Gasteiger partial charge in [-0.05, 0) is 66.9 Å². The first-order chi connectivity index (χ1) is 13.0. The van der Waals surface area contributed by atoms with Gasteiger partial charge >= 0.3 is 0 Å². The van der Waals surface area contributed by atoms with E-state index in [-0.39, 0.29) is 11.9 Å². The van der Waals surface area contributed by atoms with Crippen LogP contribution in [0.2, 0.25) is 0 Å². The number of amides is 1. The summed E-state index contributed by atoms with van der Waals surface area (Å²) in [6.07, 6.45) is 2.02. The van der Waals surface area contributed by atoms with Crippen molar-refractivity contribution in [1.29, 1.82) is 0 Å². The highest BCUT2D eigenvalue weighted by Crippen LogP contribution is 2.33. The standard InChI is InChI=1S/C22H30N2O2S/c1-16(2)7-10-23-14-22(25)24-11-8-21-19(9-12-27-21)20(24)15-26-18-6-4-5-17(3)13-18/h4-6,9,12-13,16,20,23H,7-8,10-11,14-15H2,1-3H3. The fourth-order valence-corrected chi connectivity index (χ4v) is 4.37. The number of nitrogens with one attached hydrogen (secondary N) is 1. The maximum absolute atomic E-state index is 12.9. The summed E-state index contributed by atoms with van der Waals surface area (Å²) in [6, 6.07) is 10.2. The van der Waals surface area contributed by atoms with Crippen LogP contribution in [0, 0.1) is 12.8 Å². The molecule has 1 amide bonds. The number of rotatable bonds is 8. The van der Waals surface area contributed by atoms with Gasteiger partial charge in [-0.15, -0.1) is 11.3 Å². The van der Waals surface area contributed by atoms with Gasteiger partial charge in [0.1, 0.15) is 12.4 Å². The molecular weight excluding hydrogens is 356 g/mol. The first-order valence-electron chi connectivity index (χ1n) is 9.80. The minimum atomic E-state index is -0.0140. The molecule has 1 aromatic heterocycles. The third-order valence-electron chi connectivity index (χ3n) is 4.99. The minimum absolute atomic E-state index is 0.0140. The molecule has 0 fully saturated rings. The van der Waals surface area contributed by atoms with E-state index in [0.29, 0.717) is 19.1 Å². The lowest BCUT2D eigenvalue weighted by atomic mass is 10.0. The van der Waals surface area contributed by atoms with E-state index in [0.717, 1.165) is 31.7 Å². The smallest absolute Gasteiger partial charge is 0.237 e. The molecule has 2 aromatic rings. The molecule has 2 heterocycles. The van der Waals surface area contributed by atoms with Crippen molar-refractivity contribution in [2.75, 3.05) is 26.2 Å². The predicted octanol–water partition coefficient (Wildman–Crippen LogP) is 4.20. The molecule has 0 radical (unpaired) electrons. The SMILES string of the molecule is Cc1cccc(OCC2c3ccsc3CCN2C(=O)CNCCC(C)C)c1. The third kappa shape index (κ3) is 5.33. The van der Waals surface area contributed by atoms with Crippen LogP contribution >= 0.6 is 11.3 Å². The minimum Gasteiger partial charge on any atom is -0.491 e. The van der Waals surface area contributed by atoms with E-state index in [4.69, 9.17) is 4.74 Å². The number of hydrogen-bond donors (Lipinski definition) is 1. The van der Waals surface area contributed by atoms with Crippen LogP contribution in [0.3, 0.4) is 0 Å². The third-order valence-corrected chi connectivity index (χ3v) is 5.98. The number of carbonyl (C=O) groups excluding carboxylic acids is 1. The van der Waals surface area contributed by atoms with Crippen molar-refractivity contribution < 1.29 is 9.53 Å². The topological polar surface area (TPSA) is 41.6 Å². The summed E-state index contributed by atoms with van der Waals surface area (Å²) < 4.78 is 6.08. The van der Waals surface area contributed by atoms with Crippen LogP contribution in [0.4, 0.5) is 0 Å². The zero-order chi connectivity index (χ0) is 19.2. The van der Waals surface area contributed by atoms with Gasteiger partial charge in [0.15, 0.2) is 0 Å². The highest BCUT2D eigenvalue weighted by molar-refractivity contribution is 7.10. The molecule has 1 aliphatic rings. The van der Waals surface area contributed by atoms with Gasteiger partial charge in [0, 0.05) is 11.4 Å². The van der Waals surface area contributed by atoms with E-state index >= 15 is 0 Å². The highest BCUT2D eigenvalue weighted by atomic mass is 32.1. The number of benzene rings is 1. The second kappa shape index (κ2) is 9.38. The monoisotopic (exact) mass is 386 g/mol. The molecule has 1 unspecified atom stereocenters. The molecule has 5 heteroatoms. The fourth-order valence-electron chi connectivity index (χ4n) is 3.44. The van der Waals surface area contributed by atoms with E-state index in [9.17, 15) is 4.79 Å². The molecule has 0 saturated carbocycles. The van der Waals surface area contributed by atoms with Gasteiger partial charge in [0.05, 0.1) is 12.6 Å². The van der Waals surface area contributed by atoms with Gasteiger partial charge in [-0.2, -0.15) is 0 Å². The number of hydrogen-bond acceptors (Lipinski definition) is 4. The molecular formula is C22H30N2O2S. The molecule has 3 rings (SSSR count). The zero-order valence-electron chi connectivity index (χ0n) is 16.5. The molecule has 0 spiro atoms. The predicted molar refractivity (Wildman–Crippen MR) is 111 cm³/mol. The van der Waals surface area contributed by atoms with Crippen LogP contribution in [0.1, 0.15) is 42.3 Å². The summed E-state index contributed by atoms with van der Waals surface area (Å²) >= 11 is 1.78. The Balaban J connectivity index is 1.65. The molecule has 1 atom stereocenters. The average molecular weight is 387 g/mol. The van der Waals surface area contributed by atoms with Crippen molar-refractivity contribution in [3.05, 3.63) is 51.7 Å². The zero-order valence-corrected chi connectivity index (χ0v) is 17.3. The molecule has 0 aliphatic carbocycles. The van der Waals surface area contributed by atoms with E-state index in [1.165, 1.54) is 16.0 Å². The summed E-state index contributed by atoms with van der Waals surface area (Å²) in [5.41, 5.74) is 2.42. The molecule has 1 aromatic carbocycles. The van der Waals surface area contributed by atoms with Crippen LogP contribution in [-0.2, 0) is 11.2 Å². The number of aryl methyl sites for hydroxylation is 1. The number of fused-ring (bicyclic) bond motifs is 1. The Bertz CT molecular complexity index is 756. The van der Waals surface area contributed by atoms with E-state index in [2.05, 4.69) is 43.6 Å². The molecule has 0 bridgehead atoms. The lowest BCUT2D eigenvalue weighted by Crippen LogP contribution is -2.45. The molecule has 0 saturated heterocycles. The van der Waals surface area contributed by atoms with Crippen LogP contribution in [0.25, 0.3) is 0 Å². The summed E-state index contributed by atoms with van der Waals surface area (Å²) in [7, 11) is 0. The van der Waals surface area contributed by atoms with E-state index < -0.39 is 0 Å². The normalized spacial score (nSPS) is 16.4. The maximum atomic E-state index is 12.9. The first kappa shape index (κ1) is 19.9. The second-order valence-electron chi connectivity index (χ2n) is 7.64. The van der Waals surface area contributed by atoms with Crippen molar-refractivity contribution in [2.24, 2.45) is 5.92 Å². The Labute approximate surface area is 166 Å². The fraction of sp³-hybridized carbons (Fsp3) is 0.500. The summed E-state index contributed by atoms with van der Waals surface area (Å²) in [4.78, 5) is 16.2. The Kier molecular flexibility index (Phi) is 6.91. The lowest BCUT2D eigenvalue weighted by molar-refractivity contribution is -0.133. The van der Waals surface area contributed by atoms with Crippen molar-refractivity contribution in [2.45, 2.75) is 39.7 Å². The Morgan fingerprint density at radius 1 is 1.37 bits per heavy atom. The summed E-state index contributed by atoms with van der Waals surface area (Å²) in [6.45, 7) is 8.99. The van der Waals surface area contributed by atoms with Crippen molar-refractivity contribution in [3.63, 3.8) is 0 Å². The largest absolute Gasteiger partial charge is 0.491 e. The van der Waals surface area contributed by atoms with Crippen LogP contribution in [0.15, 0.2) is 35.7 Å². The van der Waals surface area contributed by atoms with Gasteiger partial charge in [0.25, 0.3) is 0 Å². The Morgan fingerprint density at radius 3 is 3.00 bits per heavy atom. The van der Waals surface area contributed by atoms with Crippen molar-refractivity contribution in [1.82, 2.24) is 10.2 Å². The molecule has 1 aliphatic heterocycles. The van der Waals surface area contributed by atoms with Gasteiger partial charge in [-0.3, -0.25) is 4.79 Å². The average Bonchev–Trinajstić information content (AvgIpc) is 3.12. The number of nitrogens with zero attached hydrogens (tertiary/aromatic N) is 1. The van der Waals surface area contributed by atoms with Gasteiger partial charge < -0.3 is 15.0 Å². The molecule has 27 heavy (non-hydrogen) atoms. The van der Waals surface area contributed by atoms with Gasteiger partial charge in [-0.1, -0.05) is 26.0 Å². The number of ether oxygens (including phenoxy) is 1. The van der Waals surface area contributed by atoms with Gasteiger partial charge in [-0.25, -0.2) is 0 Å². The van der Waals surface area contributed by atoms with Gasteiger partial charge in [0.2, 0.25) is 5.91 Å². The molecule has 4 nitrogen and oxygen atoms in total. The molecule has 146 valence electrons. The quantitative estimate of drug-likeness (QED) is 0.692. The Morgan fingerprint density at radius 2 is 2.22 bits per heavy atom. The number of thiophene rings is 1. The lowest BCUT2D eigenvalue weighted by Gasteiger charge is -2.36. The Hall–Kier alpha value is -1.85. The maximum Gasteiger partial charge on any atom is 0.237 e. The van der Waals surface area contributed by atoms with E-state index in [1.54, 1.807) is 11.3 Å². The van der Waals surface area contributed by atoms with Crippen LogP contribution in [-0.4, -0.2) is 37.0 Å². The summed E-state index contributed by atoms with van der Waals surface area (Å²) in [5.74, 6) is 1.67. The van der Waals surface area contributed by atoms with Crippen molar-refractivity contribution >= 4 is 17.2 Å². The molecule has 1 N–H and O–H groups in total. The summed E-state index contributed by atoms with van der Waals surface area (Å²) in [5, 5.41) is 5.43. The highest BCUT2D eigenvalue weighted by Gasteiger charge is 2.31. The van der Waals surface area contributed by atoms with E-state index in [1.807, 2.05) is 23.1 Å². The number of carbonyl (C=O) groups is 1. The van der Waals surface area contributed by atoms with Crippen LogP contribution in [0.5, 0.6) is 5.75 Å². The van der Waals surface area contributed by atoms with Crippen LogP contribution < -0.4 is 10.1 Å².